The molecule has 0 spiro atoms. The first-order valence-electron chi connectivity index (χ1n) is 9.69. The number of carbonyl (C=O) groups excluding carboxylic acids is 1. The maximum absolute atomic E-state index is 13.2. The summed E-state index contributed by atoms with van der Waals surface area (Å²) in [6, 6.07) is 10.0. The molecular weight excluding hydrogens is 475 g/mol. The zero-order valence-corrected chi connectivity index (χ0v) is 19.2. The van der Waals surface area contributed by atoms with Crippen LogP contribution in [0.3, 0.4) is 0 Å². The fourth-order valence-electron chi connectivity index (χ4n) is 3.29. The lowest BCUT2D eigenvalue weighted by atomic mass is 10.1. The minimum Gasteiger partial charge on any atom is -0.490 e. The number of rotatable bonds is 5. The van der Waals surface area contributed by atoms with Crippen LogP contribution in [0.5, 0.6) is 5.75 Å². The predicted molar refractivity (Wildman–Crippen MR) is 116 cm³/mol. The Morgan fingerprint density at radius 3 is 2.43 bits per heavy atom. The van der Waals surface area contributed by atoms with Gasteiger partial charge in [0.05, 0.1) is 16.6 Å². The van der Waals surface area contributed by atoms with Crippen molar-refractivity contribution in [1.29, 1.82) is 0 Å². The molecule has 0 bridgehead atoms. The van der Waals surface area contributed by atoms with E-state index in [1.807, 2.05) is 13.8 Å². The summed E-state index contributed by atoms with van der Waals surface area (Å²) in [6.45, 7) is 4.93. The first-order valence-corrected chi connectivity index (χ1v) is 11.9. The maximum Gasteiger partial charge on any atom is 0.257 e. The zero-order valence-electron chi connectivity index (χ0n) is 16.8. The summed E-state index contributed by atoms with van der Waals surface area (Å²) in [7, 11) is -3.75. The Hall–Kier alpha value is -1.97. The van der Waals surface area contributed by atoms with Crippen molar-refractivity contribution in [3.63, 3.8) is 0 Å². The van der Waals surface area contributed by atoms with Crippen LogP contribution in [-0.2, 0) is 10.0 Å². The lowest BCUT2D eigenvalue weighted by molar-refractivity contribution is 0.0758. The van der Waals surface area contributed by atoms with Crippen molar-refractivity contribution < 1.29 is 22.3 Å². The summed E-state index contributed by atoms with van der Waals surface area (Å²) >= 11 is 3.40. The van der Waals surface area contributed by atoms with E-state index in [0.717, 1.165) is 16.6 Å². The number of halogens is 2. The molecule has 0 atom stereocenters. The molecule has 30 heavy (non-hydrogen) atoms. The minimum atomic E-state index is -3.75. The van der Waals surface area contributed by atoms with Gasteiger partial charge in [-0.1, -0.05) is 15.9 Å². The molecule has 0 saturated carbocycles. The van der Waals surface area contributed by atoms with Crippen LogP contribution in [0.4, 0.5) is 4.39 Å². The zero-order chi connectivity index (χ0) is 21.9. The Labute approximate surface area is 184 Å². The van der Waals surface area contributed by atoms with Crippen molar-refractivity contribution in [1.82, 2.24) is 9.21 Å². The van der Waals surface area contributed by atoms with Gasteiger partial charge in [-0.05, 0) is 62.7 Å². The van der Waals surface area contributed by atoms with Gasteiger partial charge in [-0.2, -0.15) is 4.31 Å². The molecule has 1 aliphatic heterocycles. The van der Waals surface area contributed by atoms with Crippen LogP contribution in [0.1, 0.15) is 30.6 Å². The molecule has 0 N–H and O–H groups in total. The van der Waals surface area contributed by atoms with Crippen LogP contribution in [0.25, 0.3) is 0 Å². The molecule has 1 heterocycles. The number of benzene rings is 2. The normalized spacial score (nSPS) is 15.8. The Morgan fingerprint density at radius 1 is 1.07 bits per heavy atom. The molecule has 0 unspecified atom stereocenters. The maximum atomic E-state index is 13.2. The monoisotopic (exact) mass is 498 g/mol. The highest BCUT2D eigenvalue weighted by Gasteiger charge is 2.29. The van der Waals surface area contributed by atoms with E-state index >= 15 is 0 Å². The van der Waals surface area contributed by atoms with Crippen molar-refractivity contribution in [3.8, 4) is 5.75 Å². The second-order valence-electron chi connectivity index (χ2n) is 7.31. The highest BCUT2D eigenvalue weighted by Crippen LogP contribution is 2.27. The number of hydrogen-bond donors (Lipinski definition) is 0. The summed E-state index contributed by atoms with van der Waals surface area (Å²) < 4.78 is 46.9. The summed E-state index contributed by atoms with van der Waals surface area (Å²) in [5.74, 6) is -0.195. The second kappa shape index (κ2) is 9.45. The van der Waals surface area contributed by atoms with Crippen molar-refractivity contribution in [2.45, 2.75) is 31.3 Å². The smallest absolute Gasteiger partial charge is 0.257 e. The van der Waals surface area contributed by atoms with Gasteiger partial charge in [0.1, 0.15) is 11.6 Å². The highest BCUT2D eigenvalue weighted by molar-refractivity contribution is 9.10. The molecule has 6 nitrogen and oxygen atoms in total. The average Bonchev–Trinajstić information content (AvgIpc) is 2.94. The molecule has 3 rings (SSSR count). The van der Waals surface area contributed by atoms with E-state index in [4.69, 9.17) is 4.74 Å². The van der Waals surface area contributed by atoms with Gasteiger partial charge in [-0.15, -0.1) is 0 Å². The summed E-state index contributed by atoms with van der Waals surface area (Å²) in [4.78, 5) is 14.8. The molecule has 1 saturated heterocycles. The van der Waals surface area contributed by atoms with Crippen LogP contribution in [0, 0.1) is 5.82 Å². The van der Waals surface area contributed by atoms with Gasteiger partial charge >= 0.3 is 0 Å². The molecule has 1 fully saturated rings. The van der Waals surface area contributed by atoms with E-state index in [9.17, 15) is 17.6 Å². The molecule has 2 aromatic carbocycles. The third-order valence-electron chi connectivity index (χ3n) is 4.73. The van der Waals surface area contributed by atoms with Crippen LogP contribution < -0.4 is 4.74 Å². The van der Waals surface area contributed by atoms with E-state index in [2.05, 4.69) is 15.9 Å². The number of carbonyl (C=O) groups is 1. The molecule has 0 radical (unpaired) electrons. The molecule has 0 aromatic heterocycles. The number of amides is 1. The Balaban J connectivity index is 1.77. The summed E-state index contributed by atoms with van der Waals surface area (Å²) in [5, 5.41) is 0. The number of hydrogen-bond acceptors (Lipinski definition) is 4. The van der Waals surface area contributed by atoms with Crippen LogP contribution >= 0.6 is 15.9 Å². The quantitative estimate of drug-likeness (QED) is 0.626. The molecule has 1 amide bonds. The Bertz CT molecular complexity index is 1010. The van der Waals surface area contributed by atoms with Crippen molar-refractivity contribution in [3.05, 3.63) is 58.3 Å². The minimum absolute atomic E-state index is 0.0456. The Kier molecular flexibility index (Phi) is 7.15. The predicted octanol–water partition coefficient (Wildman–Crippen LogP) is 3.91. The molecular formula is C21H24BrFN2O4S. The van der Waals surface area contributed by atoms with E-state index < -0.39 is 15.8 Å². The average molecular weight is 499 g/mol. The number of ether oxygens (including phenoxy) is 1. The van der Waals surface area contributed by atoms with E-state index in [1.54, 1.807) is 23.1 Å². The second-order valence-corrected chi connectivity index (χ2v) is 10.2. The van der Waals surface area contributed by atoms with Gasteiger partial charge in [0, 0.05) is 30.7 Å². The Morgan fingerprint density at radius 2 is 1.77 bits per heavy atom. The first-order chi connectivity index (χ1) is 14.2. The van der Waals surface area contributed by atoms with E-state index in [1.165, 1.54) is 16.4 Å². The van der Waals surface area contributed by atoms with Crippen molar-refractivity contribution in [2.75, 3.05) is 26.2 Å². The highest BCUT2D eigenvalue weighted by atomic mass is 79.9. The lowest BCUT2D eigenvalue weighted by Crippen LogP contribution is -2.37. The summed E-state index contributed by atoms with van der Waals surface area (Å²) in [6.07, 6.45) is 0.412. The molecule has 162 valence electrons. The number of sulfonamides is 1. The van der Waals surface area contributed by atoms with E-state index in [-0.39, 0.29) is 30.0 Å². The number of nitrogens with zero attached hydrogens (tertiary/aromatic N) is 2. The van der Waals surface area contributed by atoms with Crippen LogP contribution in [0.15, 0.2) is 51.8 Å². The largest absolute Gasteiger partial charge is 0.490 e. The van der Waals surface area contributed by atoms with E-state index in [0.29, 0.717) is 30.8 Å². The lowest BCUT2D eigenvalue weighted by Gasteiger charge is -2.23. The van der Waals surface area contributed by atoms with Crippen molar-refractivity contribution in [2.24, 2.45) is 0 Å². The fourth-order valence-corrected chi connectivity index (χ4v) is 5.10. The van der Waals surface area contributed by atoms with Crippen molar-refractivity contribution >= 4 is 31.9 Å². The van der Waals surface area contributed by atoms with Gasteiger partial charge in [-0.25, -0.2) is 12.8 Å². The van der Waals surface area contributed by atoms with Crippen LogP contribution in [-0.4, -0.2) is 55.8 Å². The van der Waals surface area contributed by atoms with Gasteiger partial charge in [0.25, 0.3) is 5.91 Å². The molecule has 0 aliphatic carbocycles. The molecule has 9 heteroatoms. The SMILES string of the molecule is CC(C)Oc1cc(Br)ccc1C(=O)N1CCCN(S(=O)(=O)c2ccc(F)cc2)CC1. The van der Waals surface area contributed by atoms with Crippen LogP contribution in [0.2, 0.25) is 0 Å². The first kappa shape index (κ1) is 22.7. The third-order valence-corrected chi connectivity index (χ3v) is 7.14. The van der Waals surface area contributed by atoms with Gasteiger partial charge in [-0.3, -0.25) is 4.79 Å². The standard InChI is InChI=1S/C21H24BrFN2O4S/c1-15(2)29-20-14-16(22)4-9-19(20)21(26)24-10-3-11-25(13-12-24)30(27,28)18-7-5-17(23)6-8-18/h4-9,14-15H,3,10-13H2,1-2H3. The van der Waals surface area contributed by atoms with Gasteiger partial charge < -0.3 is 9.64 Å². The topological polar surface area (TPSA) is 66.9 Å². The molecule has 1 aliphatic rings. The summed E-state index contributed by atoms with van der Waals surface area (Å²) in [5.41, 5.74) is 0.446. The molecule has 2 aromatic rings. The fraction of sp³-hybridized carbons (Fsp3) is 0.381. The van der Waals surface area contributed by atoms with Gasteiger partial charge in [0.2, 0.25) is 10.0 Å². The third kappa shape index (κ3) is 5.19. The van der Waals surface area contributed by atoms with Gasteiger partial charge in [0.15, 0.2) is 0 Å².